The smallest absolute Gasteiger partial charge is 0.316 e. The zero-order valence-electron chi connectivity index (χ0n) is 12.2. The summed E-state index contributed by atoms with van der Waals surface area (Å²) in [6, 6.07) is 0. The molecule has 110 valence electrons. The lowest BCUT2D eigenvalue weighted by Crippen LogP contribution is -2.38. The summed E-state index contributed by atoms with van der Waals surface area (Å²) in [5, 5.41) is 7.14. The third-order valence-corrected chi connectivity index (χ3v) is 6.56. The van der Waals surface area contributed by atoms with E-state index in [1.807, 2.05) is 0 Å². The van der Waals surface area contributed by atoms with Crippen molar-refractivity contribution in [2.75, 3.05) is 5.75 Å². The summed E-state index contributed by atoms with van der Waals surface area (Å²) in [5.41, 5.74) is 0.403. The van der Waals surface area contributed by atoms with Crippen molar-refractivity contribution in [3.63, 3.8) is 0 Å². The Morgan fingerprint density at radius 2 is 2.35 bits per heavy atom. The number of ether oxygens (including phenoxy) is 1. The molecule has 3 rings (SSSR count). The Hall–Kier alpha value is -1.04. The van der Waals surface area contributed by atoms with E-state index in [2.05, 4.69) is 36.0 Å². The van der Waals surface area contributed by atoms with Crippen LogP contribution in [-0.4, -0.2) is 33.0 Å². The minimum Gasteiger partial charge on any atom is -0.461 e. The van der Waals surface area contributed by atoms with Gasteiger partial charge < -0.3 is 4.74 Å². The van der Waals surface area contributed by atoms with Crippen molar-refractivity contribution in [2.45, 2.75) is 51.3 Å². The number of thioether (sulfide) groups is 1. The van der Waals surface area contributed by atoms with Gasteiger partial charge in [0, 0.05) is 5.41 Å². The van der Waals surface area contributed by atoms with Crippen molar-refractivity contribution in [1.82, 2.24) is 15.2 Å². The second-order valence-electron chi connectivity index (χ2n) is 6.67. The molecule has 0 aromatic carbocycles. The zero-order valence-corrected chi connectivity index (χ0v) is 13.0. The van der Waals surface area contributed by atoms with Crippen LogP contribution < -0.4 is 0 Å². The van der Waals surface area contributed by atoms with Gasteiger partial charge in [0.1, 0.15) is 12.4 Å². The minimum atomic E-state index is -0.152. The molecule has 0 saturated heterocycles. The van der Waals surface area contributed by atoms with E-state index >= 15 is 0 Å². The second kappa shape index (κ2) is 4.76. The van der Waals surface area contributed by atoms with Gasteiger partial charge in [-0.25, -0.2) is 4.98 Å². The molecule has 0 unspecified atom stereocenters. The van der Waals surface area contributed by atoms with Gasteiger partial charge in [-0.2, -0.15) is 5.10 Å². The summed E-state index contributed by atoms with van der Waals surface area (Å²) in [6.45, 7) is 6.92. The van der Waals surface area contributed by atoms with Gasteiger partial charge in [-0.15, -0.1) is 0 Å². The van der Waals surface area contributed by atoms with E-state index in [-0.39, 0.29) is 28.7 Å². The van der Waals surface area contributed by atoms with Gasteiger partial charge in [-0.1, -0.05) is 32.5 Å². The highest BCUT2D eigenvalue weighted by Gasteiger charge is 2.62. The monoisotopic (exact) mass is 295 g/mol. The molecule has 5 nitrogen and oxygen atoms in total. The van der Waals surface area contributed by atoms with Crippen molar-refractivity contribution < 1.29 is 9.53 Å². The molecule has 1 N–H and O–H groups in total. The van der Waals surface area contributed by atoms with Crippen molar-refractivity contribution in [1.29, 1.82) is 0 Å². The number of hydrogen-bond donors (Lipinski definition) is 1. The molecule has 1 heterocycles. The molecule has 2 fully saturated rings. The number of nitrogens with zero attached hydrogens (tertiary/aromatic N) is 2. The van der Waals surface area contributed by atoms with Crippen LogP contribution in [0, 0.1) is 16.7 Å². The lowest BCUT2D eigenvalue weighted by atomic mass is 9.70. The van der Waals surface area contributed by atoms with Gasteiger partial charge in [-0.3, -0.25) is 9.89 Å². The van der Waals surface area contributed by atoms with Crippen LogP contribution in [0.25, 0.3) is 0 Å². The molecule has 1 aromatic rings. The number of esters is 1. The molecule has 2 aliphatic rings. The van der Waals surface area contributed by atoms with Crippen molar-refractivity contribution >= 4 is 17.7 Å². The van der Waals surface area contributed by atoms with E-state index in [9.17, 15) is 4.79 Å². The molecule has 2 bridgehead atoms. The highest BCUT2D eigenvalue weighted by atomic mass is 32.2. The lowest BCUT2D eigenvalue weighted by Gasteiger charge is -2.38. The van der Waals surface area contributed by atoms with Crippen LogP contribution in [0.5, 0.6) is 0 Å². The van der Waals surface area contributed by atoms with Crippen LogP contribution in [0.1, 0.15) is 40.0 Å². The topological polar surface area (TPSA) is 67.9 Å². The number of hydrogen-bond acceptors (Lipinski definition) is 5. The van der Waals surface area contributed by atoms with Crippen LogP contribution in [0.3, 0.4) is 0 Å². The molecule has 1 aromatic heterocycles. The Morgan fingerprint density at radius 3 is 2.90 bits per heavy atom. The van der Waals surface area contributed by atoms with Crippen molar-refractivity contribution in [3.8, 4) is 0 Å². The largest absolute Gasteiger partial charge is 0.461 e. The Labute approximate surface area is 123 Å². The van der Waals surface area contributed by atoms with E-state index in [1.165, 1.54) is 24.5 Å². The van der Waals surface area contributed by atoms with Gasteiger partial charge in [-0.05, 0) is 30.6 Å². The van der Waals surface area contributed by atoms with E-state index < -0.39 is 0 Å². The fourth-order valence-electron chi connectivity index (χ4n) is 3.89. The van der Waals surface area contributed by atoms with Gasteiger partial charge in [0.05, 0.1) is 5.75 Å². The maximum Gasteiger partial charge on any atom is 0.316 e. The number of fused-ring (bicyclic) bond motifs is 2. The molecule has 0 aliphatic heterocycles. The van der Waals surface area contributed by atoms with Gasteiger partial charge in [0.2, 0.25) is 0 Å². The predicted molar refractivity (Wildman–Crippen MR) is 76.2 cm³/mol. The molecule has 6 heteroatoms. The van der Waals surface area contributed by atoms with E-state index in [1.54, 1.807) is 0 Å². The molecule has 0 radical (unpaired) electrons. The fraction of sp³-hybridized carbons (Fsp3) is 0.786. The number of H-pyrrole nitrogens is 1. The zero-order chi connectivity index (χ0) is 14.4. The first-order chi connectivity index (χ1) is 9.43. The van der Waals surface area contributed by atoms with Crippen LogP contribution in [-0.2, 0) is 9.53 Å². The minimum absolute atomic E-state index is 0.0686. The molecule has 2 aliphatic carbocycles. The van der Waals surface area contributed by atoms with Gasteiger partial charge >= 0.3 is 5.97 Å². The standard InChI is InChI=1S/C14H21N3O2S/c1-13(2)9-4-5-14(13,3)10(6-9)19-11(18)7-20-12-15-8-16-17-12/h8-10H,4-7H2,1-3H3,(H,15,16,17)/t9-,10+,14-/m0/s1. The third kappa shape index (κ3) is 2.05. The summed E-state index contributed by atoms with van der Waals surface area (Å²) < 4.78 is 5.76. The summed E-state index contributed by atoms with van der Waals surface area (Å²) in [4.78, 5) is 16.0. The number of aromatic amines is 1. The molecular weight excluding hydrogens is 274 g/mol. The average molecular weight is 295 g/mol. The molecule has 3 atom stereocenters. The number of carbonyl (C=O) groups excluding carboxylic acids is 1. The van der Waals surface area contributed by atoms with E-state index in [0.717, 1.165) is 12.8 Å². The third-order valence-electron chi connectivity index (χ3n) is 5.71. The average Bonchev–Trinajstić information content (AvgIpc) is 3.02. The van der Waals surface area contributed by atoms with E-state index in [4.69, 9.17) is 4.74 Å². The first-order valence-corrected chi connectivity index (χ1v) is 8.10. The van der Waals surface area contributed by atoms with Gasteiger partial charge in [0.15, 0.2) is 5.16 Å². The summed E-state index contributed by atoms with van der Waals surface area (Å²) in [6.07, 6.45) is 4.96. The maximum absolute atomic E-state index is 12.0. The molecule has 0 amide bonds. The quantitative estimate of drug-likeness (QED) is 0.683. The molecule has 20 heavy (non-hydrogen) atoms. The Bertz CT molecular complexity index is 503. The predicted octanol–water partition coefficient (Wildman–Crippen LogP) is 2.65. The van der Waals surface area contributed by atoms with Gasteiger partial charge in [0.25, 0.3) is 0 Å². The molecule has 2 saturated carbocycles. The fourth-order valence-corrected chi connectivity index (χ4v) is 4.45. The van der Waals surface area contributed by atoms with E-state index in [0.29, 0.717) is 11.1 Å². The molecular formula is C14H21N3O2S. The summed E-state index contributed by atoms with van der Waals surface area (Å²) in [7, 11) is 0. The number of carbonyl (C=O) groups is 1. The number of nitrogens with one attached hydrogen (secondary N) is 1. The normalized spacial score (nSPS) is 34.4. The van der Waals surface area contributed by atoms with Crippen LogP contribution >= 0.6 is 11.8 Å². The second-order valence-corrected chi connectivity index (χ2v) is 7.63. The highest BCUT2D eigenvalue weighted by molar-refractivity contribution is 7.99. The Kier molecular flexibility index (Phi) is 3.31. The maximum atomic E-state index is 12.0. The van der Waals surface area contributed by atoms with Crippen molar-refractivity contribution in [2.24, 2.45) is 16.7 Å². The highest BCUT2D eigenvalue weighted by Crippen LogP contribution is 2.66. The summed E-state index contributed by atoms with van der Waals surface area (Å²) in [5.74, 6) is 0.820. The van der Waals surface area contributed by atoms with Crippen LogP contribution in [0.2, 0.25) is 0 Å². The van der Waals surface area contributed by atoms with Crippen molar-refractivity contribution in [3.05, 3.63) is 6.33 Å². The SMILES string of the molecule is CC1(C)[C@H]2CC[C@@]1(C)[C@H](OC(=O)CSc1ncn[nH]1)C2. The summed E-state index contributed by atoms with van der Waals surface area (Å²) >= 11 is 1.33. The first kappa shape index (κ1) is 13.9. The first-order valence-electron chi connectivity index (χ1n) is 7.11. The Balaban J connectivity index is 1.58. The number of rotatable bonds is 4. The lowest BCUT2D eigenvalue weighted by molar-refractivity contribution is -0.153. The Morgan fingerprint density at radius 1 is 1.55 bits per heavy atom. The van der Waals surface area contributed by atoms with Crippen LogP contribution in [0.15, 0.2) is 11.5 Å². The molecule has 0 spiro atoms. The van der Waals surface area contributed by atoms with Crippen LogP contribution in [0.4, 0.5) is 0 Å². The number of aromatic nitrogens is 3.